The fraction of sp³-hybridized carbons (Fsp3) is 0.179. The molecule has 2 atom stereocenters. The van der Waals surface area contributed by atoms with Crippen molar-refractivity contribution in [2.45, 2.75) is 30.3 Å². The van der Waals surface area contributed by atoms with Crippen LogP contribution in [0.15, 0.2) is 113 Å². The quantitative estimate of drug-likeness (QED) is 0.364. The predicted molar refractivity (Wildman–Crippen MR) is 119 cm³/mol. The molecular weight excluding hydrogens is 396 g/mol. The zero-order valence-corrected chi connectivity index (χ0v) is 17.6. The number of aromatic nitrogens is 2. The summed E-state index contributed by atoms with van der Waals surface area (Å²) in [4.78, 5) is 0. The Kier molecular flexibility index (Phi) is 3.68. The fourth-order valence-electron chi connectivity index (χ4n) is 6.20. The van der Waals surface area contributed by atoms with Crippen LogP contribution >= 0.6 is 0 Å². The molecule has 4 nitrogen and oxygen atoms in total. The number of fused-ring (bicyclic) bond motifs is 1. The van der Waals surface area contributed by atoms with Crippen molar-refractivity contribution in [3.8, 4) is 0 Å². The van der Waals surface area contributed by atoms with Gasteiger partial charge in [0.25, 0.3) is 5.82 Å². The van der Waals surface area contributed by atoms with Gasteiger partial charge in [0.1, 0.15) is 30.9 Å². The second-order valence-electron chi connectivity index (χ2n) is 8.95. The normalized spacial score (nSPS) is 20.1. The first-order valence-electron chi connectivity index (χ1n) is 11.1. The Balaban J connectivity index is 1.51. The van der Waals surface area contributed by atoms with Crippen molar-refractivity contribution in [1.29, 1.82) is 0 Å². The molecule has 2 bridgehead atoms. The molecule has 3 aromatic heterocycles. The van der Waals surface area contributed by atoms with Crippen LogP contribution in [0, 0.1) is 0 Å². The van der Waals surface area contributed by atoms with Gasteiger partial charge in [-0.1, -0.05) is 54.6 Å². The molecule has 0 spiro atoms. The highest BCUT2D eigenvalue weighted by Gasteiger charge is 2.60. The van der Waals surface area contributed by atoms with E-state index in [0.717, 1.165) is 13.0 Å². The average Bonchev–Trinajstić information content (AvgIpc) is 3.62. The lowest BCUT2D eigenvalue weighted by Gasteiger charge is -2.49. The molecule has 0 radical (unpaired) electrons. The van der Waals surface area contributed by atoms with Crippen molar-refractivity contribution < 1.29 is 13.4 Å². The summed E-state index contributed by atoms with van der Waals surface area (Å²) in [5, 5.41) is 0. The Morgan fingerprint density at radius 2 is 1.53 bits per heavy atom. The zero-order valence-electron chi connectivity index (χ0n) is 17.6. The lowest BCUT2D eigenvalue weighted by atomic mass is 9.55. The summed E-state index contributed by atoms with van der Waals surface area (Å²) >= 11 is 0. The number of benzene rings is 2. The number of hydrogen-bond donors (Lipinski definition) is 0. The third-order valence-electron chi connectivity index (χ3n) is 7.50. The first kappa shape index (κ1) is 17.8. The minimum absolute atomic E-state index is 0.151. The molecule has 32 heavy (non-hydrogen) atoms. The molecule has 0 fully saturated rings. The van der Waals surface area contributed by atoms with Gasteiger partial charge >= 0.3 is 0 Å². The first-order chi connectivity index (χ1) is 15.9. The molecule has 0 saturated heterocycles. The number of furan rings is 2. The molecule has 5 heterocycles. The molecule has 156 valence electrons. The van der Waals surface area contributed by atoms with Gasteiger partial charge in [-0.15, -0.1) is 0 Å². The van der Waals surface area contributed by atoms with E-state index in [0.29, 0.717) is 0 Å². The molecule has 2 aromatic carbocycles. The van der Waals surface area contributed by atoms with E-state index < -0.39 is 0 Å². The smallest absolute Gasteiger partial charge is 0.266 e. The lowest BCUT2D eigenvalue weighted by Crippen LogP contribution is -2.59. The summed E-state index contributed by atoms with van der Waals surface area (Å²) in [7, 11) is 0. The van der Waals surface area contributed by atoms with Crippen LogP contribution in [0.3, 0.4) is 0 Å². The van der Waals surface area contributed by atoms with E-state index in [1.54, 1.807) is 12.5 Å². The van der Waals surface area contributed by atoms with Gasteiger partial charge < -0.3 is 8.83 Å². The molecule has 0 amide bonds. The maximum absolute atomic E-state index is 5.64. The third-order valence-corrected chi connectivity index (χ3v) is 7.50. The van der Waals surface area contributed by atoms with E-state index in [2.05, 4.69) is 88.3 Å². The number of nitrogens with zero attached hydrogens (tertiary/aromatic N) is 2. The van der Waals surface area contributed by atoms with Crippen molar-refractivity contribution in [3.05, 3.63) is 138 Å². The number of rotatable bonds is 4. The van der Waals surface area contributed by atoms with Crippen LogP contribution in [0.1, 0.15) is 52.0 Å². The van der Waals surface area contributed by atoms with E-state index in [-0.39, 0.29) is 17.4 Å². The summed E-state index contributed by atoms with van der Waals surface area (Å²) in [6.45, 7) is 0.849. The SMILES string of the molecule is c1ccc(Cn2cc[n+]3c2[C@@H]2c4ccccc4[C@H]3CC2(c2ccoc2)c2ccoc2)cc1. The van der Waals surface area contributed by atoms with Crippen molar-refractivity contribution in [2.24, 2.45) is 0 Å². The van der Waals surface area contributed by atoms with E-state index >= 15 is 0 Å². The third kappa shape index (κ3) is 2.29. The van der Waals surface area contributed by atoms with Gasteiger partial charge in [-0.05, 0) is 23.3 Å². The molecule has 3 aliphatic rings. The standard InChI is InChI=1S/C28H23N2O2/c1-2-6-20(7-3-1)17-29-12-13-30-25-16-28(21-10-14-31-18-21,22-11-15-32-19-22)26(27(29)30)24-9-5-4-8-23(24)25/h1-15,18-19,25-26H,16-17H2/q+1/t25-,26+/m1/s1. The van der Waals surface area contributed by atoms with Gasteiger partial charge in [0.2, 0.25) is 0 Å². The van der Waals surface area contributed by atoms with Gasteiger partial charge in [-0.25, -0.2) is 9.13 Å². The second-order valence-corrected chi connectivity index (χ2v) is 8.95. The minimum Gasteiger partial charge on any atom is -0.472 e. The summed E-state index contributed by atoms with van der Waals surface area (Å²) in [6.07, 6.45) is 12.9. The van der Waals surface area contributed by atoms with E-state index in [1.165, 1.54) is 33.6 Å². The van der Waals surface area contributed by atoms with Crippen molar-refractivity contribution in [1.82, 2.24) is 4.57 Å². The van der Waals surface area contributed by atoms with Crippen molar-refractivity contribution in [3.63, 3.8) is 0 Å². The van der Waals surface area contributed by atoms with Gasteiger partial charge in [-0.2, -0.15) is 0 Å². The maximum atomic E-state index is 5.64. The molecule has 2 aliphatic heterocycles. The summed E-state index contributed by atoms with van der Waals surface area (Å²) in [6, 6.07) is 24.2. The fourth-order valence-corrected chi connectivity index (χ4v) is 6.20. The zero-order chi connectivity index (χ0) is 21.1. The topological polar surface area (TPSA) is 35.1 Å². The van der Waals surface area contributed by atoms with Crippen LogP contribution in [0.5, 0.6) is 0 Å². The van der Waals surface area contributed by atoms with Gasteiger partial charge in [0.05, 0.1) is 25.1 Å². The monoisotopic (exact) mass is 419 g/mol. The molecule has 0 unspecified atom stereocenters. The Morgan fingerprint density at radius 1 is 0.844 bits per heavy atom. The summed E-state index contributed by atoms with van der Waals surface area (Å²) < 4.78 is 16.2. The van der Waals surface area contributed by atoms with Gasteiger partial charge in [0.15, 0.2) is 0 Å². The molecule has 0 saturated carbocycles. The van der Waals surface area contributed by atoms with Crippen LogP contribution in [0.4, 0.5) is 0 Å². The molecular formula is C28H23N2O2+. The van der Waals surface area contributed by atoms with Crippen LogP contribution < -0.4 is 4.57 Å². The van der Waals surface area contributed by atoms with E-state index in [1.807, 2.05) is 12.5 Å². The van der Waals surface area contributed by atoms with E-state index in [9.17, 15) is 0 Å². The minimum atomic E-state index is -0.244. The van der Waals surface area contributed by atoms with E-state index in [4.69, 9.17) is 8.83 Å². The molecule has 8 rings (SSSR count). The Bertz CT molecular complexity index is 1350. The van der Waals surface area contributed by atoms with Crippen LogP contribution in [-0.2, 0) is 12.0 Å². The Morgan fingerprint density at radius 3 is 2.22 bits per heavy atom. The maximum Gasteiger partial charge on any atom is 0.266 e. The van der Waals surface area contributed by atoms with Gasteiger partial charge in [-0.3, -0.25) is 0 Å². The lowest BCUT2D eigenvalue weighted by molar-refractivity contribution is -0.732. The second kappa shape index (κ2) is 6.60. The highest BCUT2D eigenvalue weighted by atomic mass is 16.3. The van der Waals surface area contributed by atoms with Crippen molar-refractivity contribution >= 4 is 0 Å². The van der Waals surface area contributed by atoms with Crippen LogP contribution in [-0.4, -0.2) is 4.57 Å². The predicted octanol–water partition coefficient (Wildman–Crippen LogP) is 5.43. The van der Waals surface area contributed by atoms with Gasteiger partial charge in [0, 0.05) is 28.5 Å². The average molecular weight is 420 g/mol. The Labute approximate surface area is 186 Å². The van der Waals surface area contributed by atoms with Crippen molar-refractivity contribution in [2.75, 3.05) is 0 Å². The molecule has 5 aromatic rings. The molecule has 4 heteroatoms. The first-order valence-corrected chi connectivity index (χ1v) is 11.1. The number of imidazole rings is 1. The molecule has 1 aliphatic carbocycles. The Hall–Kier alpha value is -3.79. The summed E-state index contributed by atoms with van der Waals surface area (Å²) in [5.41, 5.74) is 6.31. The molecule has 0 N–H and O–H groups in total. The van der Waals surface area contributed by atoms with Crippen LogP contribution in [0.2, 0.25) is 0 Å². The highest BCUT2D eigenvalue weighted by Crippen LogP contribution is 2.59. The largest absolute Gasteiger partial charge is 0.472 e. The summed E-state index contributed by atoms with van der Waals surface area (Å²) in [5.74, 6) is 1.49. The van der Waals surface area contributed by atoms with Crippen LogP contribution in [0.25, 0.3) is 0 Å². The highest BCUT2D eigenvalue weighted by molar-refractivity contribution is 5.53. The number of hydrogen-bond acceptors (Lipinski definition) is 2.